The van der Waals surface area contributed by atoms with Crippen LogP contribution in [0.4, 0.5) is 13.2 Å². The molecule has 0 bridgehead atoms. The number of nitrogens with zero attached hydrogens (tertiary/aromatic N) is 1. The minimum absolute atomic E-state index is 0.670. The van der Waals surface area contributed by atoms with Gasteiger partial charge in [-0.2, -0.15) is 13.2 Å². The summed E-state index contributed by atoms with van der Waals surface area (Å²) in [7, 11) is 0. The molecule has 0 aliphatic heterocycles. The van der Waals surface area contributed by atoms with Crippen molar-refractivity contribution in [2.75, 3.05) is 6.54 Å². The van der Waals surface area contributed by atoms with Gasteiger partial charge in [-0.25, -0.2) is 0 Å². The summed E-state index contributed by atoms with van der Waals surface area (Å²) in [4.78, 5) is 8.79. The minimum atomic E-state index is -4.53. The fourth-order valence-electron chi connectivity index (χ4n) is 0.408. The largest absolute Gasteiger partial charge is 0.403 e. The number of hydrogen-bond acceptors (Lipinski definition) is 3. The van der Waals surface area contributed by atoms with E-state index in [0.717, 1.165) is 0 Å². The molecule has 66 valence electrons. The maximum absolute atomic E-state index is 11.6. The van der Waals surface area contributed by atoms with Crippen LogP contribution < -0.4 is 5.73 Å². The van der Waals surface area contributed by atoms with Crippen LogP contribution in [0.15, 0.2) is 0 Å². The van der Waals surface area contributed by atoms with Crippen LogP contribution in [0.5, 0.6) is 0 Å². The van der Waals surface area contributed by atoms with E-state index in [1.165, 1.54) is 0 Å². The van der Waals surface area contributed by atoms with Crippen molar-refractivity contribution < 1.29 is 18.1 Å². The smallest absolute Gasteiger partial charge is 0.320 e. The van der Waals surface area contributed by atoms with Crippen molar-refractivity contribution in [1.82, 2.24) is 0 Å². The van der Waals surface area contributed by atoms with Crippen molar-refractivity contribution in [2.45, 2.75) is 18.6 Å². The summed E-state index contributed by atoms with van der Waals surface area (Å²) in [5, 5.41) is 9.61. The van der Waals surface area contributed by atoms with Gasteiger partial charge in [0.05, 0.1) is 0 Å². The first-order valence-electron chi connectivity index (χ1n) is 2.78. The Kier molecular flexibility index (Phi) is 3.24. The Bertz CT molecular complexity index is 147. The molecule has 1 unspecified atom stereocenters. The molecule has 2 N–H and O–H groups in total. The van der Waals surface area contributed by atoms with Gasteiger partial charge in [0.25, 0.3) is 0 Å². The average Bonchev–Trinajstić information content (AvgIpc) is 1.80. The predicted octanol–water partition coefficient (Wildman–Crippen LogP) is 0.543. The first-order valence-corrected chi connectivity index (χ1v) is 2.78. The Morgan fingerprint density at radius 1 is 1.55 bits per heavy atom. The van der Waals surface area contributed by atoms with Crippen molar-refractivity contribution in [3.05, 3.63) is 10.1 Å². The van der Waals surface area contributed by atoms with E-state index in [9.17, 15) is 23.3 Å². The van der Waals surface area contributed by atoms with Crippen LogP contribution in [0.1, 0.15) is 6.42 Å². The van der Waals surface area contributed by atoms with E-state index in [1.54, 1.807) is 0 Å². The average molecular weight is 172 g/mol. The van der Waals surface area contributed by atoms with Crippen molar-refractivity contribution in [3.8, 4) is 0 Å². The van der Waals surface area contributed by atoms with E-state index in [-0.39, 0.29) is 0 Å². The molecular weight excluding hydrogens is 165 g/mol. The van der Waals surface area contributed by atoms with Gasteiger partial charge in [0.1, 0.15) is 6.04 Å². The van der Waals surface area contributed by atoms with Crippen LogP contribution in [-0.4, -0.2) is 23.7 Å². The molecule has 0 heterocycles. The molecule has 0 aromatic rings. The molecule has 0 aromatic carbocycles. The lowest BCUT2D eigenvalue weighted by Crippen LogP contribution is -2.38. The molecule has 0 rings (SSSR count). The molecule has 4 nitrogen and oxygen atoms in total. The Morgan fingerprint density at radius 3 is 2.27 bits per heavy atom. The lowest BCUT2D eigenvalue weighted by atomic mass is 10.2. The molecule has 0 aliphatic rings. The molecule has 0 aromatic heterocycles. The van der Waals surface area contributed by atoms with Crippen molar-refractivity contribution >= 4 is 0 Å². The van der Waals surface area contributed by atoms with Crippen LogP contribution in [0, 0.1) is 10.1 Å². The van der Waals surface area contributed by atoms with Gasteiger partial charge in [0, 0.05) is 11.3 Å². The molecule has 0 fully saturated rings. The third-order valence-electron chi connectivity index (χ3n) is 1.04. The standard InChI is InChI=1S/C4H7F3N2O2/c5-4(6,7)3(8)1-2-9(10)11/h3H,1-2,8H2. The second-order valence-corrected chi connectivity index (χ2v) is 1.99. The quantitative estimate of drug-likeness (QED) is 0.499. The van der Waals surface area contributed by atoms with Gasteiger partial charge in [0.15, 0.2) is 0 Å². The number of nitro groups is 1. The third kappa shape index (κ3) is 4.54. The zero-order chi connectivity index (χ0) is 9.07. The Morgan fingerprint density at radius 2 is 2.00 bits per heavy atom. The summed E-state index contributed by atoms with van der Waals surface area (Å²) >= 11 is 0. The van der Waals surface area contributed by atoms with Crippen LogP contribution in [0.3, 0.4) is 0 Å². The number of hydrogen-bond donors (Lipinski definition) is 1. The fourth-order valence-corrected chi connectivity index (χ4v) is 0.408. The molecule has 0 saturated carbocycles. The van der Waals surface area contributed by atoms with Gasteiger partial charge in [0.2, 0.25) is 6.54 Å². The van der Waals surface area contributed by atoms with Gasteiger partial charge < -0.3 is 5.73 Å². The van der Waals surface area contributed by atoms with Crippen molar-refractivity contribution in [3.63, 3.8) is 0 Å². The molecule has 11 heavy (non-hydrogen) atoms. The number of nitrogens with two attached hydrogens (primary N) is 1. The predicted molar refractivity (Wildman–Crippen MR) is 30.5 cm³/mol. The Labute approximate surface area is 60.3 Å². The normalized spacial score (nSPS) is 14.5. The summed E-state index contributed by atoms with van der Waals surface area (Å²) in [5.41, 5.74) is 4.57. The highest BCUT2D eigenvalue weighted by atomic mass is 19.4. The second kappa shape index (κ2) is 3.51. The Balaban J connectivity index is 3.70. The maximum atomic E-state index is 11.6. The van der Waals surface area contributed by atoms with Gasteiger partial charge >= 0.3 is 6.18 Å². The van der Waals surface area contributed by atoms with E-state index in [4.69, 9.17) is 0 Å². The zero-order valence-electron chi connectivity index (χ0n) is 5.47. The first kappa shape index (κ1) is 10.2. The molecule has 7 heteroatoms. The SMILES string of the molecule is NC(CC[N+](=O)[O-])C(F)(F)F. The van der Waals surface area contributed by atoms with E-state index in [1.807, 2.05) is 0 Å². The van der Waals surface area contributed by atoms with Gasteiger partial charge in [-0.05, 0) is 0 Å². The lowest BCUT2D eigenvalue weighted by Gasteiger charge is -2.12. The third-order valence-corrected chi connectivity index (χ3v) is 1.04. The number of rotatable bonds is 3. The van der Waals surface area contributed by atoms with Crippen LogP contribution in [-0.2, 0) is 0 Å². The van der Waals surface area contributed by atoms with Gasteiger partial charge in [-0.1, -0.05) is 0 Å². The van der Waals surface area contributed by atoms with Crippen LogP contribution >= 0.6 is 0 Å². The highest BCUT2D eigenvalue weighted by molar-refractivity contribution is 4.69. The highest BCUT2D eigenvalue weighted by Crippen LogP contribution is 2.20. The Hall–Kier alpha value is -0.850. The van der Waals surface area contributed by atoms with Crippen molar-refractivity contribution in [2.24, 2.45) is 5.73 Å². The van der Waals surface area contributed by atoms with Crippen LogP contribution in [0.2, 0.25) is 0 Å². The summed E-state index contributed by atoms with van der Waals surface area (Å²) < 4.78 is 34.7. The van der Waals surface area contributed by atoms with Crippen LogP contribution in [0.25, 0.3) is 0 Å². The van der Waals surface area contributed by atoms with E-state index < -0.39 is 30.1 Å². The molecule has 0 amide bonds. The molecular formula is C4H7F3N2O2. The number of alkyl halides is 3. The minimum Gasteiger partial charge on any atom is -0.320 e. The summed E-state index contributed by atoms with van der Waals surface area (Å²) in [6, 6.07) is -2.09. The van der Waals surface area contributed by atoms with Crippen molar-refractivity contribution in [1.29, 1.82) is 0 Å². The number of halogens is 3. The molecule has 0 radical (unpaired) electrons. The molecule has 1 atom stereocenters. The fraction of sp³-hybridized carbons (Fsp3) is 1.00. The first-order chi connectivity index (χ1) is 4.84. The zero-order valence-corrected chi connectivity index (χ0v) is 5.47. The monoisotopic (exact) mass is 172 g/mol. The molecule has 0 saturated heterocycles. The molecule has 0 spiro atoms. The molecule has 0 aliphatic carbocycles. The lowest BCUT2D eigenvalue weighted by molar-refractivity contribution is -0.481. The van der Waals surface area contributed by atoms with Gasteiger partial charge in [-0.15, -0.1) is 0 Å². The second-order valence-electron chi connectivity index (χ2n) is 1.99. The highest BCUT2D eigenvalue weighted by Gasteiger charge is 2.37. The summed E-state index contributed by atoms with van der Waals surface area (Å²) in [5.74, 6) is 0. The van der Waals surface area contributed by atoms with E-state index in [0.29, 0.717) is 0 Å². The van der Waals surface area contributed by atoms with Gasteiger partial charge in [-0.3, -0.25) is 10.1 Å². The topological polar surface area (TPSA) is 69.2 Å². The summed E-state index contributed by atoms with van der Waals surface area (Å²) in [6.45, 7) is -0.749. The summed E-state index contributed by atoms with van der Waals surface area (Å²) in [6.07, 6.45) is -5.20. The van der Waals surface area contributed by atoms with E-state index >= 15 is 0 Å². The maximum Gasteiger partial charge on any atom is 0.403 e. The van der Waals surface area contributed by atoms with E-state index in [2.05, 4.69) is 5.73 Å².